The van der Waals surface area contributed by atoms with Gasteiger partial charge in [-0.3, -0.25) is 0 Å². The maximum absolute atomic E-state index is 8.67. The number of hydrogen-bond donors (Lipinski definition) is 1. The zero-order valence-corrected chi connectivity index (χ0v) is 12.7. The lowest BCUT2D eigenvalue weighted by atomic mass is 10.1. The molecule has 1 aromatic rings. The van der Waals surface area contributed by atoms with Crippen LogP contribution in [-0.2, 0) is 0 Å². The van der Waals surface area contributed by atoms with Crippen LogP contribution in [0.2, 0.25) is 0 Å². The molecule has 20 heavy (non-hydrogen) atoms. The van der Waals surface area contributed by atoms with Crippen molar-refractivity contribution in [2.24, 2.45) is 0 Å². The normalized spacial score (nSPS) is 10.7. The highest BCUT2D eigenvalue weighted by molar-refractivity contribution is 5.20. The van der Waals surface area contributed by atoms with Crippen LogP contribution in [0.3, 0.4) is 0 Å². The Morgan fingerprint density at radius 3 is 1.70 bits per heavy atom. The molecule has 114 valence electrons. The van der Waals surface area contributed by atoms with E-state index in [1.165, 1.54) is 51.4 Å². The van der Waals surface area contributed by atoms with Crippen molar-refractivity contribution in [2.75, 3.05) is 13.2 Å². The maximum atomic E-state index is 8.67. The summed E-state index contributed by atoms with van der Waals surface area (Å²) in [4.78, 5) is 0. The number of aliphatic hydroxyl groups is 1. The molecule has 1 N–H and O–H groups in total. The monoisotopic (exact) mass is 278 g/mol. The molecule has 0 aliphatic rings. The summed E-state index contributed by atoms with van der Waals surface area (Å²) in [6.45, 7) is 1.19. The lowest BCUT2D eigenvalue weighted by Gasteiger charge is -2.05. The van der Waals surface area contributed by atoms with Crippen LogP contribution in [0.1, 0.15) is 64.2 Å². The third kappa shape index (κ3) is 9.85. The summed E-state index contributed by atoms with van der Waals surface area (Å²) in [5.74, 6) is 0.982. The molecule has 0 saturated carbocycles. The van der Waals surface area contributed by atoms with Crippen molar-refractivity contribution in [3.05, 3.63) is 30.3 Å². The van der Waals surface area contributed by atoms with Crippen molar-refractivity contribution in [2.45, 2.75) is 64.2 Å². The van der Waals surface area contributed by atoms with Crippen LogP contribution in [0.25, 0.3) is 0 Å². The fraction of sp³-hybridized carbons (Fsp3) is 0.667. The van der Waals surface area contributed by atoms with Gasteiger partial charge in [0.1, 0.15) is 5.75 Å². The molecule has 0 spiro atoms. The van der Waals surface area contributed by atoms with Gasteiger partial charge in [0, 0.05) is 6.61 Å². The number of para-hydroxylation sites is 1. The summed E-state index contributed by atoms with van der Waals surface area (Å²) in [5, 5.41) is 8.67. The van der Waals surface area contributed by atoms with Crippen molar-refractivity contribution < 1.29 is 9.84 Å². The van der Waals surface area contributed by atoms with Gasteiger partial charge < -0.3 is 9.84 Å². The highest BCUT2D eigenvalue weighted by Crippen LogP contribution is 2.12. The first-order valence-electron chi connectivity index (χ1n) is 8.22. The SMILES string of the molecule is OCCCCCCCCCCCCOc1ccccc1. The molecule has 0 heterocycles. The first-order chi connectivity index (χ1) is 9.93. The van der Waals surface area contributed by atoms with Gasteiger partial charge in [0.2, 0.25) is 0 Å². The Morgan fingerprint density at radius 2 is 1.15 bits per heavy atom. The molecule has 0 aromatic heterocycles. The predicted molar refractivity (Wildman–Crippen MR) is 85.2 cm³/mol. The zero-order valence-electron chi connectivity index (χ0n) is 12.7. The van der Waals surface area contributed by atoms with E-state index >= 15 is 0 Å². The van der Waals surface area contributed by atoms with Gasteiger partial charge >= 0.3 is 0 Å². The van der Waals surface area contributed by atoms with Crippen molar-refractivity contribution in [3.8, 4) is 5.75 Å². The third-order valence-electron chi connectivity index (χ3n) is 3.56. The van der Waals surface area contributed by atoms with Crippen LogP contribution in [0.4, 0.5) is 0 Å². The smallest absolute Gasteiger partial charge is 0.119 e. The second-order valence-electron chi connectivity index (χ2n) is 5.42. The van der Waals surface area contributed by atoms with Crippen LogP contribution in [0.5, 0.6) is 5.75 Å². The molecule has 0 aliphatic carbocycles. The first-order valence-corrected chi connectivity index (χ1v) is 8.22. The quantitative estimate of drug-likeness (QED) is 0.517. The lowest BCUT2D eigenvalue weighted by Crippen LogP contribution is -1.96. The van der Waals surface area contributed by atoms with Crippen LogP contribution in [0.15, 0.2) is 30.3 Å². The van der Waals surface area contributed by atoms with E-state index in [1.54, 1.807) is 0 Å². The van der Waals surface area contributed by atoms with Gasteiger partial charge in [-0.1, -0.05) is 69.6 Å². The Hall–Kier alpha value is -1.02. The molecule has 0 atom stereocenters. The Balaban J connectivity index is 1.77. The average Bonchev–Trinajstić information content (AvgIpc) is 2.49. The Morgan fingerprint density at radius 1 is 0.650 bits per heavy atom. The number of benzene rings is 1. The van der Waals surface area contributed by atoms with E-state index in [4.69, 9.17) is 9.84 Å². The summed E-state index contributed by atoms with van der Waals surface area (Å²) >= 11 is 0. The number of aliphatic hydroxyl groups excluding tert-OH is 1. The number of hydrogen-bond acceptors (Lipinski definition) is 2. The molecule has 0 bridgehead atoms. The Kier molecular flexibility index (Phi) is 11.1. The van der Waals surface area contributed by atoms with Crippen LogP contribution < -0.4 is 4.74 Å². The molecule has 1 aromatic carbocycles. The summed E-state index contributed by atoms with van der Waals surface area (Å²) in [6.07, 6.45) is 12.6. The average molecular weight is 278 g/mol. The van der Waals surface area contributed by atoms with E-state index in [0.717, 1.165) is 25.2 Å². The van der Waals surface area contributed by atoms with E-state index in [0.29, 0.717) is 6.61 Å². The predicted octanol–water partition coefficient (Wildman–Crippen LogP) is 4.96. The van der Waals surface area contributed by atoms with E-state index in [1.807, 2.05) is 30.3 Å². The minimum atomic E-state index is 0.352. The molecule has 1 rings (SSSR count). The molecule has 2 heteroatoms. The molecule has 0 unspecified atom stereocenters. The zero-order chi connectivity index (χ0) is 14.3. The lowest BCUT2D eigenvalue weighted by molar-refractivity contribution is 0.282. The highest BCUT2D eigenvalue weighted by atomic mass is 16.5. The second-order valence-corrected chi connectivity index (χ2v) is 5.42. The molecule has 0 amide bonds. The first kappa shape index (κ1) is 17.0. The minimum Gasteiger partial charge on any atom is -0.494 e. The number of rotatable bonds is 13. The van der Waals surface area contributed by atoms with E-state index < -0.39 is 0 Å². The summed E-state index contributed by atoms with van der Waals surface area (Å²) in [5.41, 5.74) is 0. The van der Waals surface area contributed by atoms with Gasteiger partial charge in [-0.15, -0.1) is 0 Å². The van der Waals surface area contributed by atoms with Crippen LogP contribution in [0, 0.1) is 0 Å². The Labute approximate surface area is 124 Å². The molecule has 0 fully saturated rings. The van der Waals surface area contributed by atoms with E-state index in [9.17, 15) is 0 Å². The number of ether oxygens (including phenoxy) is 1. The van der Waals surface area contributed by atoms with Gasteiger partial charge in [-0.25, -0.2) is 0 Å². The van der Waals surface area contributed by atoms with E-state index in [2.05, 4.69) is 0 Å². The van der Waals surface area contributed by atoms with Crippen LogP contribution in [-0.4, -0.2) is 18.3 Å². The molecule has 0 saturated heterocycles. The van der Waals surface area contributed by atoms with Crippen molar-refractivity contribution in [1.82, 2.24) is 0 Å². The van der Waals surface area contributed by atoms with Gasteiger partial charge in [-0.2, -0.15) is 0 Å². The standard InChI is InChI=1S/C18H30O2/c19-16-12-7-5-3-1-2-4-6-8-13-17-20-18-14-10-9-11-15-18/h9-11,14-15,19H,1-8,12-13,16-17H2. The van der Waals surface area contributed by atoms with Crippen molar-refractivity contribution in [1.29, 1.82) is 0 Å². The largest absolute Gasteiger partial charge is 0.494 e. The summed E-state index contributed by atoms with van der Waals surface area (Å²) in [6, 6.07) is 10.1. The van der Waals surface area contributed by atoms with Gasteiger partial charge in [0.15, 0.2) is 0 Å². The number of unbranched alkanes of at least 4 members (excludes halogenated alkanes) is 9. The van der Waals surface area contributed by atoms with Gasteiger partial charge in [-0.05, 0) is 25.0 Å². The molecular formula is C18H30O2. The molecule has 2 nitrogen and oxygen atoms in total. The van der Waals surface area contributed by atoms with Crippen molar-refractivity contribution >= 4 is 0 Å². The highest BCUT2D eigenvalue weighted by Gasteiger charge is 1.94. The minimum absolute atomic E-state index is 0.352. The van der Waals surface area contributed by atoms with Gasteiger partial charge in [0.05, 0.1) is 6.61 Å². The third-order valence-corrected chi connectivity index (χ3v) is 3.56. The molecule has 0 radical (unpaired) electrons. The molecular weight excluding hydrogens is 248 g/mol. The van der Waals surface area contributed by atoms with E-state index in [-0.39, 0.29) is 0 Å². The van der Waals surface area contributed by atoms with Gasteiger partial charge in [0.25, 0.3) is 0 Å². The van der Waals surface area contributed by atoms with Crippen molar-refractivity contribution in [3.63, 3.8) is 0 Å². The fourth-order valence-corrected chi connectivity index (χ4v) is 2.33. The Bertz CT molecular complexity index is 298. The fourth-order valence-electron chi connectivity index (χ4n) is 2.33. The van der Waals surface area contributed by atoms with Crippen LogP contribution >= 0.6 is 0 Å². The topological polar surface area (TPSA) is 29.5 Å². The molecule has 0 aliphatic heterocycles. The second kappa shape index (κ2) is 13.0. The maximum Gasteiger partial charge on any atom is 0.119 e. The summed E-state index contributed by atoms with van der Waals surface area (Å²) < 4.78 is 5.67. The summed E-state index contributed by atoms with van der Waals surface area (Å²) in [7, 11) is 0.